The Labute approximate surface area is 108 Å². The Hall–Kier alpha value is -1.71. The number of aryl methyl sites for hydroxylation is 1. The number of carbonyl (C=O) groups is 1. The fourth-order valence-electron chi connectivity index (χ4n) is 1.49. The SMILES string of the molecule is COc1cc(C)ccc1OCC(=O)NC(C)(C)C. The van der Waals surface area contributed by atoms with Gasteiger partial charge in [-0.1, -0.05) is 6.07 Å². The van der Waals surface area contributed by atoms with Crippen molar-refractivity contribution in [3.8, 4) is 11.5 Å². The molecule has 0 saturated carbocycles. The van der Waals surface area contributed by atoms with Crippen LogP contribution in [0.15, 0.2) is 18.2 Å². The number of hydrogen-bond donors (Lipinski definition) is 1. The highest BCUT2D eigenvalue weighted by molar-refractivity contribution is 5.78. The molecule has 0 aromatic heterocycles. The Bertz CT molecular complexity index is 422. The Morgan fingerprint density at radius 3 is 2.50 bits per heavy atom. The van der Waals surface area contributed by atoms with Crippen molar-refractivity contribution in [2.75, 3.05) is 13.7 Å². The maximum atomic E-state index is 11.6. The molecule has 0 spiro atoms. The van der Waals surface area contributed by atoms with E-state index in [0.717, 1.165) is 5.56 Å². The third-order valence-electron chi connectivity index (χ3n) is 2.19. The van der Waals surface area contributed by atoms with E-state index in [1.165, 1.54) is 0 Å². The van der Waals surface area contributed by atoms with Crippen LogP contribution in [0.1, 0.15) is 26.3 Å². The van der Waals surface area contributed by atoms with Gasteiger partial charge < -0.3 is 14.8 Å². The van der Waals surface area contributed by atoms with E-state index in [1.54, 1.807) is 13.2 Å². The van der Waals surface area contributed by atoms with Gasteiger partial charge in [0, 0.05) is 5.54 Å². The van der Waals surface area contributed by atoms with Crippen molar-refractivity contribution in [3.05, 3.63) is 23.8 Å². The van der Waals surface area contributed by atoms with E-state index in [1.807, 2.05) is 39.8 Å². The van der Waals surface area contributed by atoms with Gasteiger partial charge in [-0.05, 0) is 45.4 Å². The molecule has 1 aromatic carbocycles. The normalized spacial score (nSPS) is 10.9. The zero-order valence-electron chi connectivity index (χ0n) is 11.7. The van der Waals surface area contributed by atoms with E-state index < -0.39 is 0 Å². The second-order valence-electron chi connectivity index (χ2n) is 5.24. The molecule has 1 N–H and O–H groups in total. The average Bonchev–Trinajstić information content (AvgIpc) is 2.24. The number of methoxy groups -OCH3 is 1. The molecular formula is C14H21NO3. The van der Waals surface area contributed by atoms with Crippen LogP contribution in [0.2, 0.25) is 0 Å². The van der Waals surface area contributed by atoms with E-state index >= 15 is 0 Å². The lowest BCUT2D eigenvalue weighted by Crippen LogP contribution is -2.43. The van der Waals surface area contributed by atoms with Crippen molar-refractivity contribution >= 4 is 5.91 Å². The monoisotopic (exact) mass is 251 g/mol. The van der Waals surface area contributed by atoms with E-state index in [0.29, 0.717) is 11.5 Å². The molecule has 100 valence electrons. The quantitative estimate of drug-likeness (QED) is 0.893. The van der Waals surface area contributed by atoms with E-state index in [9.17, 15) is 4.79 Å². The van der Waals surface area contributed by atoms with Crippen molar-refractivity contribution in [1.29, 1.82) is 0 Å². The Morgan fingerprint density at radius 2 is 1.94 bits per heavy atom. The van der Waals surface area contributed by atoms with Crippen molar-refractivity contribution in [2.45, 2.75) is 33.2 Å². The Kier molecular flexibility index (Phi) is 4.59. The summed E-state index contributed by atoms with van der Waals surface area (Å²) in [5.74, 6) is 1.07. The van der Waals surface area contributed by atoms with Gasteiger partial charge in [-0.3, -0.25) is 4.79 Å². The van der Waals surface area contributed by atoms with Gasteiger partial charge >= 0.3 is 0 Å². The number of nitrogens with one attached hydrogen (secondary N) is 1. The fourth-order valence-corrected chi connectivity index (χ4v) is 1.49. The van der Waals surface area contributed by atoms with Gasteiger partial charge in [0.25, 0.3) is 5.91 Å². The number of ether oxygens (including phenoxy) is 2. The average molecular weight is 251 g/mol. The van der Waals surface area contributed by atoms with Crippen molar-refractivity contribution in [3.63, 3.8) is 0 Å². The van der Waals surface area contributed by atoms with Crippen LogP contribution in [0, 0.1) is 6.92 Å². The van der Waals surface area contributed by atoms with Gasteiger partial charge in [-0.25, -0.2) is 0 Å². The predicted molar refractivity (Wildman–Crippen MR) is 71.1 cm³/mol. The Balaban J connectivity index is 2.61. The number of benzene rings is 1. The summed E-state index contributed by atoms with van der Waals surface area (Å²) < 4.78 is 10.7. The van der Waals surface area contributed by atoms with Gasteiger partial charge in [-0.15, -0.1) is 0 Å². The van der Waals surface area contributed by atoms with Crippen LogP contribution in [0.5, 0.6) is 11.5 Å². The molecule has 18 heavy (non-hydrogen) atoms. The minimum atomic E-state index is -0.252. The maximum absolute atomic E-state index is 11.6. The van der Waals surface area contributed by atoms with Crippen LogP contribution < -0.4 is 14.8 Å². The van der Waals surface area contributed by atoms with Crippen LogP contribution in [0.3, 0.4) is 0 Å². The van der Waals surface area contributed by atoms with E-state index in [2.05, 4.69) is 5.32 Å². The van der Waals surface area contributed by atoms with Crippen LogP contribution >= 0.6 is 0 Å². The third-order valence-corrected chi connectivity index (χ3v) is 2.19. The molecule has 0 aliphatic carbocycles. The Morgan fingerprint density at radius 1 is 1.28 bits per heavy atom. The summed E-state index contributed by atoms with van der Waals surface area (Å²) in [5.41, 5.74) is 0.830. The zero-order chi connectivity index (χ0) is 13.8. The predicted octanol–water partition coefficient (Wildman–Crippen LogP) is 2.30. The highest BCUT2D eigenvalue weighted by atomic mass is 16.5. The van der Waals surface area contributed by atoms with E-state index in [4.69, 9.17) is 9.47 Å². The molecular weight excluding hydrogens is 230 g/mol. The second kappa shape index (κ2) is 5.76. The first-order valence-electron chi connectivity index (χ1n) is 5.90. The first kappa shape index (κ1) is 14.4. The lowest BCUT2D eigenvalue weighted by molar-refractivity contribution is -0.124. The molecule has 0 radical (unpaired) electrons. The van der Waals surface area contributed by atoms with Crippen LogP contribution in [0.4, 0.5) is 0 Å². The first-order valence-corrected chi connectivity index (χ1v) is 5.90. The lowest BCUT2D eigenvalue weighted by Gasteiger charge is -2.20. The number of rotatable bonds is 4. The van der Waals surface area contributed by atoms with Crippen molar-refractivity contribution in [2.24, 2.45) is 0 Å². The van der Waals surface area contributed by atoms with Gasteiger partial charge in [0.2, 0.25) is 0 Å². The molecule has 4 nitrogen and oxygen atoms in total. The summed E-state index contributed by atoms with van der Waals surface area (Å²) in [5, 5.41) is 2.83. The van der Waals surface area contributed by atoms with Crippen LogP contribution in [-0.4, -0.2) is 25.2 Å². The third kappa shape index (κ3) is 4.65. The number of hydrogen-bond acceptors (Lipinski definition) is 3. The minimum Gasteiger partial charge on any atom is -0.493 e. The summed E-state index contributed by atoms with van der Waals surface area (Å²) in [6.07, 6.45) is 0. The van der Waals surface area contributed by atoms with Gasteiger partial charge in [0.15, 0.2) is 18.1 Å². The highest BCUT2D eigenvalue weighted by Crippen LogP contribution is 2.27. The molecule has 1 aromatic rings. The number of amides is 1. The summed E-state index contributed by atoms with van der Waals surface area (Å²) >= 11 is 0. The van der Waals surface area contributed by atoms with Gasteiger partial charge in [-0.2, -0.15) is 0 Å². The molecule has 0 bridgehead atoms. The number of carbonyl (C=O) groups excluding carboxylic acids is 1. The molecule has 0 fully saturated rings. The maximum Gasteiger partial charge on any atom is 0.258 e. The smallest absolute Gasteiger partial charge is 0.258 e. The fraction of sp³-hybridized carbons (Fsp3) is 0.500. The van der Waals surface area contributed by atoms with Crippen molar-refractivity contribution in [1.82, 2.24) is 5.32 Å². The molecule has 0 aliphatic rings. The lowest BCUT2D eigenvalue weighted by atomic mass is 10.1. The topological polar surface area (TPSA) is 47.6 Å². The molecule has 0 atom stereocenters. The summed E-state index contributed by atoms with van der Waals surface area (Å²) in [4.78, 5) is 11.6. The highest BCUT2D eigenvalue weighted by Gasteiger charge is 2.14. The zero-order valence-corrected chi connectivity index (χ0v) is 11.7. The van der Waals surface area contributed by atoms with E-state index in [-0.39, 0.29) is 18.1 Å². The van der Waals surface area contributed by atoms with Crippen LogP contribution in [0.25, 0.3) is 0 Å². The molecule has 0 saturated heterocycles. The standard InChI is InChI=1S/C14H21NO3/c1-10-6-7-11(12(8-10)17-5)18-9-13(16)15-14(2,3)4/h6-8H,9H2,1-5H3,(H,15,16). The summed E-state index contributed by atoms with van der Waals surface area (Å²) in [6, 6.07) is 5.59. The van der Waals surface area contributed by atoms with Crippen LogP contribution in [-0.2, 0) is 4.79 Å². The second-order valence-corrected chi connectivity index (χ2v) is 5.24. The molecule has 1 rings (SSSR count). The molecule has 0 aliphatic heterocycles. The molecule has 1 amide bonds. The first-order chi connectivity index (χ1) is 8.31. The van der Waals surface area contributed by atoms with Gasteiger partial charge in [0.05, 0.1) is 7.11 Å². The largest absolute Gasteiger partial charge is 0.493 e. The summed E-state index contributed by atoms with van der Waals surface area (Å²) in [7, 11) is 1.58. The molecule has 4 heteroatoms. The molecule has 0 unspecified atom stereocenters. The molecule has 0 heterocycles. The van der Waals surface area contributed by atoms with Crippen molar-refractivity contribution < 1.29 is 14.3 Å². The minimum absolute atomic E-state index is 0.0172. The van der Waals surface area contributed by atoms with Gasteiger partial charge in [0.1, 0.15) is 0 Å². The summed E-state index contributed by atoms with van der Waals surface area (Å²) in [6.45, 7) is 7.74.